The molecule has 1 aromatic rings. The highest BCUT2D eigenvalue weighted by Gasteiger charge is 2.25. The van der Waals surface area contributed by atoms with E-state index >= 15 is 0 Å². The van der Waals surface area contributed by atoms with Gasteiger partial charge < -0.3 is 11.1 Å². The molecule has 0 aliphatic heterocycles. The third kappa shape index (κ3) is 2.14. The molecule has 0 radical (unpaired) electrons. The number of benzene rings is 1. The van der Waals surface area contributed by atoms with Crippen LogP contribution >= 0.6 is 11.6 Å². The second-order valence-electron chi connectivity index (χ2n) is 3.58. The van der Waals surface area contributed by atoms with Crippen LogP contribution in [0.1, 0.15) is 12.8 Å². The van der Waals surface area contributed by atoms with Gasteiger partial charge >= 0.3 is 0 Å². The fraction of sp³-hybridized carbons (Fsp3) is 0.400. The monoisotopic (exact) mass is 196 g/mol. The van der Waals surface area contributed by atoms with Gasteiger partial charge in [-0.3, -0.25) is 0 Å². The summed E-state index contributed by atoms with van der Waals surface area (Å²) in [6, 6.07) is 8.71. The molecule has 3 heteroatoms. The van der Waals surface area contributed by atoms with E-state index in [9.17, 15) is 0 Å². The van der Waals surface area contributed by atoms with Crippen molar-refractivity contribution in [2.24, 2.45) is 5.73 Å². The molecule has 1 fully saturated rings. The molecule has 70 valence electrons. The third-order valence-corrected chi connectivity index (χ3v) is 2.64. The summed E-state index contributed by atoms with van der Waals surface area (Å²) < 4.78 is 0. The van der Waals surface area contributed by atoms with E-state index in [4.69, 9.17) is 17.3 Å². The van der Waals surface area contributed by atoms with Crippen molar-refractivity contribution in [3.05, 3.63) is 29.3 Å². The molecule has 0 saturated heterocycles. The predicted octanol–water partition coefficient (Wildman–Crippen LogP) is 2.24. The Morgan fingerprint density at radius 1 is 1.23 bits per heavy atom. The van der Waals surface area contributed by atoms with Crippen LogP contribution in [0.5, 0.6) is 0 Å². The van der Waals surface area contributed by atoms with Gasteiger partial charge in [-0.15, -0.1) is 0 Å². The number of hydrogen-bond donors (Lipinski definition) is 2. The maximum atomic E-state index is 5.77. The van der Waals surface area contributed by atoms with Crippen LogP contribution in [-0.4, -0.2) is 12.1 Å². The zero-order valence-corrected chi connectivity index (χ0v) is 8.09. The quantitative estimate of drug-likeness (QED) is 0.762. The lowest BCUT2D eigenvalue weighted by molar-refractivity contribution is 0.373. The third-order valence-electron chi connectivity index (χ3n) is 2.39. The fourth-order valence-electron chi connectivity index (χ4n) is 1.56. The summed E-state index contributed by atoms with van der Waals surface area (Å²) >= 11 is 5.77. The molecule has 0 atom stereocenters. The minimum Gasteiger partial charge on any atom is -0.382 e. The van der Waals surface area contributed by atoms with Gasteiger partial charge in [-0.1, -0.05) is 11.6 Å². The molecule has 0 spiro atoms. The predicted molar refractivity (Wildman–Crippen MR) is 56.1 cm³/mol. The number of halogens is 1. The van der Waals surface area contributed by atoms with Crippen molar-refractivity contribution in [3.8, 4) is 0 Å². The SMILES string of the molecule is NC1CC(Nc2ccc(Cl)cc2)C1. The molecular formula is C10H13ClN2. The van der Waals surface area contributed by atoms with E-state index < -0.39 is 0 Å². The van der Waals surface area contributed by atoms with Gasteiger partial charge in [-0.25, -0.2) is 0 Å². The van der Waals surface area contributed by atoms with Crippen molar-refractivity contribution < 1.29 is 0 Å². The van der Waals surface area contributed by atoms with Crippen LogP contribution in [0.3, 0.4) is 0 Å². The smallest absolute Gasteiger partial charge is 0.0407 e. The summed E-state index contributed by atoms with van der Waals surface area (Å²) in [5.74, 6) is 0. The Balaban J connectivity index is 1.91. The lowest BCUT2D eigenvalue weighted by Crippen LogP contribution is -2.44. The van der Waals surface area contributed by atoms with Crippen molar-refractivity contribution in [1.29, 1.82) is 0 Å². The Labute approximate surface area is 83.1 Å². The summed E-state index contributed by atoms with van der Waals surface area (Å²) in [6.07, 6.45) is 2.14. The first-order chi connectivity index (χ1) is 6.24. The van der Waals surface area contributed by atoms with E-state index in [-0.39, 0.29) is 0 Å². The molecule has 3 N–H and O–H groups in total. The lowest BCUT2D eigenvalue weighted by Gasteiger charge is -2.33. The molecule has 1 aliphatic carbocycles. The second-order valence-corrected chi connectivity index (χ2v) is 4.02. The number of nitrogens with two attached hydrogens (primary N) is 1. The zero-order valence-electron chi connectivity index (χ0n) is 7.33. The van der Waals surface area contributed by atoms with Gasteiger partial charge in [-0.2, -0.15) is 0 Å². The molecule has 13 heavy (non-hydrogen) atoms. The Morgan fingerprint density at radius 3 is 2.38 bits per heavy atom. The summed E-state index contributed by atoms with van der Waals surface area (Å²) in [7, 11) is 0. The molecule has 0 amide bonds. The highest BCUT2D eigenvalue weighted by Crippen LogP contribution is 2.23. The minimum atomic E-state index is 0.393. The highest BCUT2D eigenvalue weighted by atomic mass is 35.5. The molecule has 0 heterocycles. The van der Waals surface area contributed by atoms with Gasteiger partial charge in [-0.05, 0) is 37.1 Å². The van der Waals surface area contributed by atoms with Gasteiger partial charge in [0.15, 0.2) is 0 Å². The number of anilines is 1. The first-order valence-electron chi connectivity index (χ1n) is 4.52. The van der Waals surface area contributed by atoms with Gasteiger partial charge in [0, 0.05) is 22.8 Å². The van der Waals surface area contributed by atoms with Gasteiger partial charge in [0.2, 0.25) is 0 Å². The first kappa shape index (κ1) is 8.85. The summed E-state index contributed by atoms with van der Waals surface area (Å²) in [6.45, 7) is 0. The molecule has 1 aromatic carbocycles. The average Bonchev–Trinajstić information content (AvgIpc) is 2.06. The topological polar surface area (TPSA) is 38.0 Å². The van der Waals surface area contributed by atoms with Crippen LogP contribution in [0, 0.1) is 0 Å². The Morgan fingerprint density at radius 2 is 1.85 bits per heavy atom. The molecule has 2 rings (SSSR count). The van der Waals surface area contributed by atoms with Crippen LogP contribution in [-0.2, 0) is 0 Å². The second kappa shape index (κ2) is 3.56. The Bertz CT molecular complexity index is 277. The fourth-order valence-corrected chi connectivity index (χ4v) is 1.69. The molecule has 1 aliphatic rings. The van der Waals surface area contributed by atoms with E-state index in [2.05, 4.69) is 5.32 Å². The van der Waals surface area contributed by atoms with Crippen LogP contribution in [0.15, 0.2) is 24.3 Å². The van der Waals surface area contributed by atoms with E-state index in [1.165, 1.54) is 0 Å². The van der Waals surface area contributed by atoms with Gasteiger partial charge in [0.05, 0.1) is 0 Å². The van der Waals surface area contributed by atoms with Crippen LogP contribution in [0.2, 0.25) is 5.02 Å². The molecule has 0 bridgehead atoms. The lowest BCUT2D eigenvalue weighted by atomic mass is 9.87. The zero-order chi connectivity index (χ0) is 9.26. The van der Waals surface area contributed by atoms with E-state index in [1.54, 1.807) is 0 Å². The average molecular weight is 197 g/mol. The minimum absolute atomic E-state index is 0.393. The Kier molecular flexibility index (Phi) is 2.42. The summed E-state index contributed by atoms with van der Waals surface area (Å²) in [4.78, 5) is 0. The van der Waals surface area contributed by atoms with Crippen molar-refractivity contribution in [3.63, 3.8) is 0 Å². The molecular weight excluding hydrogens is 184 g/mol. The van der Waals surface area contributed by atoms with Crippen molar-refractivity contribution >= 4 is 17.3 Å². The van der Waals surface area contributed by atoms with E-state index in [1.807, 2.05) is 24.3 Å². The summed E-state index contributed by atoms with van der Waals surface area (Å²) in [5, 5.41) is 4.17. The summed E-state index contributed by atoms with van der Waals surface area (Å²) in [5.41, 5.74) is 6.81. The maximum absolute atomic E-state index is 5.77. The van der Waals surface area contributed by atoms with Gasteiger partial charge in [0.25, 0.3) is 0 Å². The van der Waals surface area contributed by atoms with Crippen LogP contribution in [0.25, 0.3) is 0 Å². The van der Waals surface area contributed by atoms with Crippen molar-refractivity contribution in [1.82, 2.24) is 0 Å². The maximum Gasteiger partial charge on any atom is 0.0407 e. The molecule has 2 nitrogen and oxygen atoms in total. The van der Waals surface area contributed by atoms with E-state index in [0.717, 1.165) is 23.6 Å². The number of hydrogen-bond acceptors (Lipinski definition) is 2. The van der Waals surface area contributed by atoms with Crippen molar-refractivity contribution in [2.75, 3.05) is 5.32 Å². The van der Waals surface area contributed by atoms with Crippen LogP contribution < -0.4 is 11.1 Å². The molecule has 1 saturated carbocycles. The number of nitrogens with one attached hydrogen (secondary N) is 1. The molecule has 0 aromatic heterocycles. The largest absolute Gasteiger partial charge is 0.382 e. The normalized spacial score (nSPS) is 26.6. The van der Waals surface area contributed by atoms with E-state index in [0.29, 0.717) is 12.1 Å². The Hall–Kier alpha value is -0.730. The van der Waals surface area contributed by atoms with Gasteiger partial charge in [0.1, 0.15) is 0 Å². The highest BCUT2D eigenvalue weighted by molar-refractivity contribution is 6.30. The van der Waals surface area contributed by atoms with Crippen LogP contribution in [0.4, 0.5) is 5.69 Å². The number of rotatable bonds is 2. The standard InChI is InChI=1S/C10H13ClN2/c11-7-1-3-9(4-2-7)13-10-5-8(12)6-10/h1-4,8,10,13H,5-6,12H2. The van der Waals surface area contributed by atoms with Crippen molar-refractivity contribution in [2.45, 2.75) is 24.9 Å². The first-order valence-corrected chi connectivity index (χ1v) is 4.89. The molecule has 0 unspecified atom stereocenters.